The van der Waals surface area contributed by atoms with Crippen molar-refractivity contribution in [2.75, 3.05) is 6.61 Å². The molecule has 2 atom stereocenters. The van der Waals surface area contributed by atoms with E-state index in [1.807, 2.05) is 20.8 Å². The molecule has 1 heterocycles. The van der Waals surface area contributed by atoms with E-state index >= 15 is 0 Å². The lowest BCUT2D eigenvalue weighted by molar-refractivity contribution is -0.155. The summed E-state index contributed by atoms with van der Waals surface area (Å²) in [5.41, 5.74) is -1.00. The Balaban J connectivity index is 2.49. The van der Waals surface area contributed by atoms with Crippen molar-refractivity contribution in [3.8, 4) is 0 Å². The van der Waals surface area contributed by atoms with E-state index in [0.717, 1.165) is 0 Å². The highest BCUT2D eigenvalue weighted by molar-refractivity contribution is 6.31. The Bertz CT molecular complexity index is 215. The van der Waals surface area contributed by atoms with Crippen molar-refractivity contribution in [1.29, 1.82) is 0 Å². The van der Waals surface area contributed by atoms with Crippen LogP contribution < -0.4 is 0 Å². The number of epoxide rings is 1. The van der Waals surface area contributed by atoms with E-state index in [-0.39, 0.29) is 0 Å². The molecule has 0 N–H and O–H groups in total. The number of rotatable bonds is 2. The first-order valence-electron chi connectivity index (χ1n) is 4.25. The SMILES string of the molecule is CC(C)(C)OC(=O)C(Cl)C1(C)CO1. The Morgan fingerprint density at radius 2 is 2.08 bits per heavy atom. The first-order valence-corrected chi connectivity index (χ1v) is 4.69. The third-order valence-corrected chi connectivity index (χ3v) is 2.39. The van der Waals surface area contributed by atoms with Gasteiger partial charge in [0.05, 0.1) is 6.61 Å². The normalized spacial score (nSPS) is 29.6. The molecule has 0 spiro atoms. The van der Waals surface area contributed by atoms with Crippen molar-refractivity contribution >= 4 is 17.6 Å². The Morgan fingerprint density at radius 1 is 1.62 bits per heavy atom. The number of hydrogen-bond acceptors (Lipinski definition) is 3. The van der Waals surface area contributed by atoms with Crippen molar-refractivity contribution in [1.82, 2.24) is 0 Å². The summed E-state index contributed by atoms with van der Waals surface area (Å²) in [5, 5.41) is -0.702. The Kier molecular flexibility index (Phi) is 2.61. The van der Waals surface area contributed by atoms with Gasteiger partial charge in [-0.05, 0) is 27.7 Å². The predicted octanol–water partition coefficient (Wildman–Crippen LogP) is 1.72. The maximum absolute atomic E-state index is 11.4. The molecule has 1 rings (SSSR count). The second-order valence-corrected chi connectivity index (χ2v) is 4.93. The summed E-state index contributed by atoms with van der Waals surface area (Å²) < 4.78 is 10.2. The van der Waals surface area contributed by atoms with E-state index in [1.54, 1.807) is 6.92 Å². The Hall–Kier alpha value is -0.280. The van der Waals surface area contributed by atoms with Crippen LogP contribution in [0.4, 0.5) is 0 Å². The van der Waals surface area contributed by atoms with Crippen LogP contribution in [0.25, 0.3) is 0 Å². The lowest BCUT2D eigenvalue weighted by Gasteiger charge is -2.22. The molecule has 1 aliphatic rings. The molecule has 0 bridgehead atoms. The third-order valence-electron chi connectivity index (χ3n) is 1.75. The molecule has 3 nitrogen and oxygen atoms in total. The summed E-state index contributed by atoms with van der Waals surface area (Å²) in [7, 11) is 0. The quantitative estimate of drug-likeness (QED) is 0.392. The molecule has 0 aliphatic carbocycles. The van der Waals surface area contributed by atoms with Gasteiger partial charge in [-0.1, -0.05) is 0 Å². The molecule has 1 aliphatic heterocycles. The van der Waals surface area contributed by atoms with Crippen LogP contribution in [0, 0.1) is 0 Å². The first-order chi connectivity index (χ1) is 5.75. The largest absolute Gasteiger partial charge is 0.459 e. The summed E-state index contributed by atoms with van der Waals surface area (Å²) in [6.45, 7) is 7.76. The van der Waals surface area contributed by atoms with Gasteiger partial charge < -0.3 is 9.47 Å². The number of alkyl halides is 1. The average molecular weight is 207 g/mol. The number of hydrogen-bond donors (Lipinski definition) is 0. The zero-order valence-electron chi connectivity index (χ0n) is 8.39. The Morgan fingerprint density at radius 3 is 2.38 bits per heavy atom. The van der Waals surface area contributed by atoms with Crippen LogP contribution in [0.3, 0.4) is 0 Å². The Labute approximate surface area is 83.3 Å². The van der Waals surface area contributed by atoms with Crippen molar-refractivity contribution in [2.24, 2.45) is 0 Å². The highest BCUT2D eigenvalue weighted by atomic mass is 35.5. The van der Waals surface area contributed by atoms with Gasteiger partial charge in [0.25, 0.3) is 0 Å². The smallest absolute Gasteiger partial charge is 0.327 e. The minimum atomic E-state index is -0.702. The van der Waals surface area contributed by atoms with Gasteiger partial charge in [-0.3, -0.25) is 4.79 Å². The number of carbonyl (C=O) groups is 1. The molecule has 0 radical (unpaired) electrons. The van der Waals surface area contributed by atoms with Gasteiger partial charge in [0, 0.05) is 0 Å². The number of ether oxygens (including phenoxy) is 2. The van der Waals surface area contributed by atoms with Gasteiger partial charge >= 0.3 is 5.97 Å². The predicted molar refractivity (Wildman–Crippen MR) is 49.8 cm³/mol. The highest BCUT2D eigenvalue weighted by Crippen LogP contribution is 2.34. The van der Waals surface area contributed by atoms with E-state index < -0.39 is 22.5 Å². The fraction of sp³-hybridized carbons (Fsp3) is 0.889. The zero-order chi connectivity index (χ0) is 10.3. The van der Waals surface area contributed by atoms with Crippen LogP contribution in [-0.4, -0.2) is 29.2 Å². The van der Waals surface area contributed by atoms with Crippen molar-refractivity contribution in [3.05, 3.63) is 0 Å². The second kappa shape index (κ2) is 3.14. The van der Waals surface area contributed by atoms with Gasteiger partial charge in [-0.25, -0.2) is 0 Å². The average Bonchev–Trinajstić information content (AvgIpc) is 2.64. The molecule has 13 heavy (non-hydrogen) atoms. The summed E-state index contributed by atoms with van der Waals surface area (Å²) in [5.74, 6) is -0.408. The van der Waals surface area contributed by atoms with Gasteiger partial charge in [-0.2, -0.15) is 0 Å². The van der Waals surface area contributed by atoms with E-state index in [0.29, 0.717) is 6.61 Å². The molecule has 0 aromatic carbocycles. The van der Waals surface area contributed by atoms with E-state index in [2.05, 4.69) is 0 Å². The van der Waals surface area contributed by atoms with Crippen LogP contribution in [0.5, 0.6) is 0 Å². The van der Waals surface area contributed by atoms with Gasteiger partial charge in [0.1, 0.15) is 11.2 Å². The minimum absolute atomic E-state index is 0.408. The van der Waals surface area contributed by atoms with E-state index in [9.17, 15) is 4.79 Å². The molecule has 2 unspecified atom stereocenters. The van der Waals surface area contributed by atoms with Crippen molar-refractivity contribution in [3.63, 3.8) is 0 Å². The van der Waals surface area contributed by atoms with Crippen LogP contribution in [0.15, 0.2) is 0 Å². The van der Waals surface area contributed by atoms with E-state index in [1.165, 1.54) is 0 Å². The van der Waals surface area contributed by atoms with Crippen LogP contribution in [0.1, 0.15) is 27.7 Å². The maximum Gasteiger partial charge on any atom is 0.327 e. The van der Waals surface area contributed by atoms with Crippen LogP contribution >= 0.6 is 11.6 Å². The van der Waals surface area contributed by atoms with Crippen molar-refractivity contribution in [2.45, 2.75) is 44.3 Å². The van der Waals surface area contributed by atoms with Gasteiger partial charge in [0.2, 0.25) is 0 Å². The minimum Gasteiger partial charge on any atom is -0.459 e. The van der Waals surface area contributed by atoms with Crippen LogP contribution in [-0.2, 0) is 14.3 Å². The fourth-order valence-corrected chi connectivity index (χ4v) is 1.03. The standard InChI is InChI=1S/C9H15ClO3/c1-8(2,3)13-7(11)6(10)9(4)5-12-9/h6H,5H2,1-4H3. The summed E-state index contributed by atoms with van der Waals surface area (Å²) in [6.07, 6.45) is 0. The van der Waals surface area contributed by atoms with Gasteiger partial charge in [-0.15, -0.1) is 11.6 Å². The first kappa shape index (κ1) is 10.8. The molecule has 0 aromatic rings. The molecule has 1 saturated heterocycles. The molecular formula is C9H15ClO3. The molecule has 1 fully saturated rings. The third kappa shape index (κ3) is 2.85. The number of carbonyl (C=O) groups excluding carboxylic acids is 1. The lowest BCUT2D eigenvalue weighted by Crippen LogP contribution is -2.36. The molecular weight excluding hydrogens is 192 g/mol. The monoisotopic (exact) mass is 206 g/mol. The summed E-state index contributed by atoms with van der Waals surface area (Å²) in [4.78, 5) is 11.4. The number of halogens is 1. The van der Waals surface area contributed by atoms with Crippen LogP contribution in [0.2, 0.25) is 0 Å². The fourth-order valence-electron chi connectivity index (χ4n) is 0.863. The summed E-state index contributed by atoms with van der Waals surface area (Å²) in [6, 6.07) is 0. The van der Waals surface area contributed by atoms with Crippen molar-refractivity contribution < 1.29 is 14.3 Å². The molecule has 0 aromatic heterocycles. The maximum atomic E-state index is 11.4. The topological polar surface area (TPSA) is 38.8 Å². The van der Waals surface area contributed by atoms with Gasteiger partial charge in [0.15, 0.2) is 5.38 Å². The molecule has 76 valence electrons. The highest BCUT2D eigenvalue weighted by Gasteiger charge is 2.51. The lowest BCUT2D eigenvalue weighted by atomic mass is 10.1. The number of esters is 1. The van der Waals surface area contributed by atoms with E-state index in [4.69, 9.17) is 21.1 Å². The molecule has 4 heteroatoms. The zero-order valence-corrected chi connectivity index (χ0v) is 9.14. The molecule has 0 saturated carbocycles. The summed E-state index contributed by atoms with van der Waals surface area (Å²) >= 11 is 5.88. The second-order valence-electron chi connectivity index (χ2n) is 4.50. The molecule has 0 amide bonds.